The monoisotopic (exact) mass is 223 g/mol. The summed E-state index contributed by atoms with van der Waals surface area (Å²) in [7, 11) is 0. The third-order valence-electron chi connectivity index (χ3n) is 2.40. The number of amides is 2. The van der Waals surface area contributed by atoms with E-state index in [0.29, 0.717) is 25.2 Å². The van der Waals surface area contributed by atoms with E-state index in [1.54, 1.807) is 6.92 Å². The summed E-state index contributed by atoms with van der Waals surface area (Å²) in [5, 5.41) is 11.8. The largest absolute Gasteiger partial charge is 0.354 e. The number of hydrogen-bond donors (Lipinski definition) is 3. The van der Waals surface area contributed by atoms with Crippen LogP contribution in [0.25, 0.3) is 0 Å². The van der Waals surface area contributed by atoms with Crippen molar-refractivity contribution < 1.29 is 9.59 Å². The smallest absolute Gasteiger partial charge is 0.291 e. The predicted molar refractivity (Wildman–Crippen MR) is 54.6 cm³/mol. The standard InChI is InChI=1S/C9H13N5O2/c1-5-11-8(14-13-5)9(16)12-6-2-3-7(15)10-4-6/h6H,2-4H2,1H3,(H,10,15)(H,12,16)(H,11,13,14). The quantitative estimate of drug-likeness (QED) is 0.606. The molecule has 1 atom stereocenters. The summed E-state index contributed by atoms with van der Waals surface area (Å²) in [6, 6.07) is -0.0380. The highest BCUT2D eigenvalue weighted by molar-refractivity contribution is 5.90. The molecule has 2 amide bonds. The minimum Gasteiger partial charge on any atom is -0.354 e. The lowest BCUT2D eigenvalue weighted by atomic mass is 10.1. The van der Waals surface area contributed by atoms with Gasteiger partial charge in [0.25, 0.3) is 5.91 Å². The molecule has 1 fully saturated rings. The van der Waals surface area contributed by atoms with Crippen LogP contribution in [0.1, 0.15) is 29.3 Å². The van der Waals surface area contributed by atoms with E-state index >= 15 is 0 Å². The summed E-state index contributed by atoms with van der Waals surface area (Å²) in [5.74, 6) is 0.446. The van der Waals surface area contributed by atoms with Crippen LogP contribution < -0.4 is 10.6 Å². The highest BCUT2D eigenvalue weighted by Crippen LogP contribution is 2.03. The maximum Gasteiger partial charge on any atom is 0.291 e. The first-order chi connectivity index (χ1) is 7.65. The van der Waals surface area contributed by atoms with E-state index in [4.69, 9.17) is 0 Å². The third kappa shape index (κ3) is 2.36. The first-order valence-electron chi connectivity index (χ1n) is 5.11. The van der Waals surface area contributed by atoms with E-state index < -0.39 is 0 Å². The van der Waals surface area contributed by atoms with Crippen molar-refractivity contribution >= 4 is 11.8 Å². The molecule has 1 saturated heterocycles. The lowest BCUT2D eigenvalue weighted by molar-refractivity contribution is -0.122. The van der Waals surface area contributed by atoms with Gasteiger partial charge in [-0.25, -0.2) is 4.98 Å². The number of aromatic amines is 1. The number of aryl methyl sites for hydroxylation is 1. The van der Waals surface area contributed by atoms with Crippen LogP contribution in [0.5, 0.6) is 0 Å². The van der Waals surface area contributed by atoms with Crippen LogP contribution in [0.15, 0.2) is 0 Å². The van der Waals surface area contributed by atoms with Crippen molar-refractivity contribution in [2.24, 2.45) is 0 Å². The molecule has 0 saturated carbocycles. The number of aromatic nitrogens is 3. The summed E-state index contributed by atoms with van der Waals surface area (Å²) in [6.45, 7) is 2.19. The molecule has 1 aliphatic heterocycles. The fraction of sp³-hybridized carbons (Fsp3) is 0.556. The van der Waals surface area contributed by atoms with Crippen LogP contribution in [-0.4, -0.2) is 39.6 Å². The Hall–Kier alpha value is -1.92. The van der Waals surface area contributed by atoms with Gasteiger partial charge in [0.15, 0.2) is 0 Å². The predicted octanol–water partition coefficient (Wildman–Crippen LogP) is -0.878. The van der Waals surface area contributed by atoms with Gasteiger partial charge in [-0.05, 0) is 13.3 Å². The molecule has 1 aromatic heterocycles. The molecule has 2 rings (SSSR count). The van der Waals surface area contributed by atoms with E-state index in [2.05, 4.69) is 25.8 Å². The molecule has 3 N–H and O–H groups in total. The minimum atomic E-state index is -0.314. The van der Waals surface area contributed by atoms with Crippen LogP contribution in [-0.2, 0) is 4.79 Å². The van der Waals surface area contributed by atoms with Gasteiger partial charge in [-0.1, -0.05) is 0 Å². The van der Waals surface area contributed by atoms with Crippen molar-refractivity contribution in [3.05, 3.63) is 11.6 Å². The first-order valence-corrected chi connectivity index (χ1v) is 5.11. The molecule has 2 heterocycles. The zero-order valence-electron chi connectivity index (χ0n) is 8.91. The van der Waals surface area contributed by atoms with E-state index in [1.165, 1.54) is 0 Å². The maximum atomic E-state index is 11.6. The van der Waals surface area contributed by atoms with Crippen molar-refractivity contribution in [3.8, 4) is 0 Å². The molecular weight excluding hydrogens is 210 g/mol. The van der Waals surface area contributed by atoms with Crippen LogP contribution in [0.2, 0.25) is 0 Å². The van der Waals surface area contributed by atoms with Crippen LogP contribution in [0.4, 0.5) is 0 Å². The number of nitrogens with zero attached hydrogens (tertiary/aromatic N) is 2. The molecule has 0 spiro atoms. The fourth-order valence-corrected chi connectivity index (χ4v) is 1.55. The van der Waals surface area contributed by atoms with Crippen LogP contribution in [0, 0.1) is 6.92 Å². The molecule has 1 aliphatic rings. The Morgan fingerprint density at radius 3 is 2.94 bits per heavy atom. The van der Waals surface area contributed by atoms with Gasteiger partial charge in [0, 0.05) is 19.0 Å². The Morgan fingerprint density at radius 2 is 2.38 bits per heavy atom. The van der Waals surface area contributed by atoms with E-state index in [9.17, 15) is 9.59 Å². The van der Waals surface area contributed by atoms with Gasteiger partial charge in [0.1, 0.15) is 5.82 Å². The van der Waals surface area contributed by atoms with Crippen molar-refractivity contribution in [1.82, 2.24) is 25.8 Å². The second kappa shape index (κ2) is 4.30. The number of carbonyl (C=O) groups excluding carboxylic acids is 2. The van der Waals surface area contributed by atoms with Gasteiger partial charge in [-0.2, -0.15) is 0 Å². The average molecular weight is 223 g/mol. The Bertz CT molecular complexity index is 404. The zero-order chi connectivity index (χ0) is 11.5. The molecule has 1 aromatic rings. The molecule has 1 unspecified atom stereocenters. The molecular formula is C9H13N5O2. The van der Waals surface area contributed by atoms with Crippen molar-refractivity contribution in [3.63, 3.8) is 0 Å². The SMILES string of the molecule is Cc1nc(C(=O)NC2CCC(=O)NC2)n[nH]1. The highest BCUT2D eigenvalue weighted by atomic mass is 16.2. The second-order valence-electron chi connectivity index (χ2n) is 3.76. The zero-order valence-corrected chi connectivity index (χ0v) is 8.91. The summed E-state index contributed by atoms with van der Waals surface area (Å²) in [5.41, 5.74) is 0. The van der Waals surface area contributed by atoms with Gasteiger partial charge in [0.05, 0.1) is 0 Å². The number of piperidine rings is 1. The lowest BCUT2D eigenvalue weighted by Gasteiger charge is -2.22. The molecule has 0 bridgehead atoms. The number of hydrogen-bond acceptors (Lipinski definition) is 4. The number of H-pyrrole nitrogens is 1. The Morgan fingerprint density at radius 1 is 1.56 bits per heavy atom. The van der Waals surface area contributed by atoms with Gasteiger partial charge in [-0.3, -0.25) is 14.7 Å². The van der Waals surface area contributed by atoms with Crippen molar-refractivity contribution in [2.45, 2.75) is 25.8 Å². The van der Waals surface area contributed by atoms with E-state index in [1.807, 2.05) is 0 Å². The molecule has 7 heteroatoms. The molecule has 86 valence electrons. The van der Waals surface area contributed by atoms with Gasteiger partial charge in [-0.15, -0.1) is 5.10 Å². The number of nitrogens with one attached hydrogen (secondary N) is 3. The summed E-state index contributed by atoms with van der Waals surface area (Å²) < 4.78 is 0. The van der Waals surface area contributed by atoms with Gasteiger partial charge < -0.3 is 10.6 Å². The topological polar surface area (TPSA) is 99.8 Å². The van der Waals surface area contributed by atoms with E-state index in [-0.39, 0.29) is 23.7 Å². The summed E-state index contributed by atoms with van der Waals surface area (Å²) >= 11 is 0. The summed E-state index contributed by atoms with van der Waals surface area (Å²) in [4.78, 5) is 26.5. The van der Waals surface area contributed by atoms with Gasteiger partial charge in [0.2, 0.25) is 11.7 Å². The second-order valence-corrected chi connectivity index (χ2v) is 3.76. The lowest BCUT2D eigenvalue weighted by Crippen LogP contribution is -2.47. The summed E-state index contributed by atoms with van der Waals surface area (Å²) in [6.07, 6.45) is 1.10. The van der Waals surface area contributed by atoms with Crippen molar-refractivity contribution in [1.29, 1.82) is 0 Å². The molecule has 0 aliphatic carbocycles. The molecule has 16 heavy (non-hydrogen) atoms. The maximum absolute atomic E-state index is 11.6. The van der Waals surface area contributed by atoms with Crippen LogP contribution >= 0.6 is 0 Å². The Kier molecular flexibility index (Phi) is 2.84. The average Bonchev–Trinajstić information content (AvgIpc) is 2.68. The van der Waals surface area contributed by atoms with Gasteiger partial charge >= 0.3 is 0 Å². The number of carbonyl (C=O) groups is 2. The Balaban J connectivity index is 1.90. The number of rotatable bonds is 2. The molecule has 0 aromatic carbocycles. The molecule has 0 radical (unpaired) electrons. The van der Waals surface area contributed by atoms with Crippen LogP contribution in [0.3, 0.4) is 0 Å². The Labute approximate surface area is 92.0 Å². The van der Waals surface area contributed by atoms with E-state index in [0.717, 1.165) is 0 Å². The van der Waals surface area contributed by atoms with Crippen molar-refractivity contribution in [2.75, 3.05) is 6.54 Å². The minimum absolute atomic E-state index is 0.0271. The highest BCUT2D eigenvalue weighted by Gasteiger charge is 2.21. The molecule has 7 nitrogen and oxygen atoms in total. The fourth-order valence-electron chi connectivity index (χ4n) is 1.55. The third-order valence-corrected chi connectivity index (χ3v) is 2.40. The normalized spacial score (nSPS) is 20.3. The first kappa shape index (κ1) is 10.6.